The zero-order chi connectivity index (χ0) is 15.5. The lowest BCUT2D eigenvalue weighted by molar-refractivity contribution is 0.0990. The predicted molar refractivity (Wildman–Crippen MR) is 80.6 cm³/mol. The van der Waals surface area contributed by atoms with Crippen molar-refractivity contribution in [3.05, 3.63) is 70.8 Å². The molecular formula is C18H11NO3. The number of hydrogen-bond acceptors (Lipinski definition) is 4. The van der Waals surface area contributed by atoms with Gasteiger partial charge in [-0.1, -0.05) is 42.5 Å². The lowest BCUT2D eigenvalue weighted by Crippen LogP contribution is -2.01. The molecule has 0 radical (unpaired) electrons. The van der Waals surface area contributed by atoms with Crippen molar-refractivity contribution in [3.8, 4) is 11.8 Å². The molecule has 22 heavy (non-hydrogen) atoms. The summed E-state index contributed by atoms with van der Waals surface area (Å²) in [5, 5.41) is 8.61. The number of benzene rings is 2. The van der Waals surface area contributed by atoms with Gasteiger partial charge in [-0.15, -0.1) is 0 Å². The second-order valence-corrected chi connectivity index (χ2v) is 4.75. The monoisotopic (exact) mass is 289 g/mol. The molecule has 0 unspecified atom stereocenters. The summed E-state index contributed by atoms with van der Waals surface area (Å²) in [6, 6.07) is 15.6. The summed E-state index contributed by atoms with van der Waals surface area (Å²) in [7, 11) is 0. The third-order valence-corrected chi connectivity index (χ3v) is 3.42. The van der Waals surface area contributed by atoms with Gasteiger partial charge >= 0.3 is 0 Å². The summed E-state index contributed by atoms with van der Waals surface area (Å²) in [6.07, 6.45) is 1.53. The number of nitrogens with zero attached hydrogens (tertiary/aromatic N) is 1. The van der Waals surface area contributed by atoms with E-state index in [1.807, 2.05) is 6.07 Å². The molecule has 0 heterocycles. The summed E-state index contributed by atoms with van der Waals surface area (Å²) in [4.78, 5) is 24.7. The number of allylic oxidation sites excluding steroid dienone is 1. The van der Waals surface area contributed by atoms with Gasteiger partial charge in [-0.2, -0.15) is 5.26 Å². The number of ether oxygens (including phenoxy) is 1. The third kappa shape index (κ3) is 2.29. The Kier molecular flexibility index (Phi) is 3.55. The van der Waals surface area contributed by atoms with Crippen LogP contribution in [0, 0.1) is 11.3 Å². The van der Waals surface area contributed by atoms with Crippen LogP contribution in [0.4, 0.5) is 0 Å². The fraction of sp³-hybridized carbons (Fsp3) is 0.0556. The molecule has 2 aromatic carbocycles. The van der Waals surface area contributed by atoms with Crippen LogP contribution in [0.2, 0.25) is 0 Å². The molecule has 0 amide bonds. The second-order valence-electron chi connectivity index (χ2n) is 4.75. The number of carbonyl (C=O) groups excluding carboxylic acids is 2. The fourth-order valence-corrected chi connectivity index (χ4v) is 2.40. The zero-order valence-electron chi connectivity index (χ0n) is 11.6. The molecule has 0 saturated heterocycles. The molecule has 0 fully saturated rings. The molecule has 0 aliphatic heterocycles. The molecule has 1 aliphatic rings. The minimum absolute atomic E-state index is 0.0949. The number of carbonyl (C=O) groups is 2. The van der Waals surface area contributed by atoms with Crippen LogP contribution in [-0.2, 0) is 0 Å². The van der Waals surface area contributed by atoms with Crippen LogP contribution in [0.25, 0.3) is 6.08 Å². The van der Waals surface area contributed by atoms with Crippen LogP contribution in [0.3, 0.4) is 0 Å². The first-order valence-corrected chi connectivity index (χ1v) is 6.71. The molecule has 2 aromatic rings. The van der Waals surface area contributed by atoms with Crippen LogP contribution in [0.15, 0.2) is 54.1 Å². The van der Waals surface area contributed by atoms with Gasteiger partial charge in [-0.3, -0.25) is 9.59 Å². The first-order valence-electron chi connectivity index (χ1n) is 6.71. The molecule has 4 nitrogen and oxygen atoms in total. The van der Waals surface area contributed by atoms with Gasteiger partial charge in [0.05, 0.1) is 5.57 Å². The Hall–Kier alpha value is -3.19. The lowest BCUT2D eigenvalue weighted by atomic mass is 10.1. The highest BCUT2D eigenvalue weighted by atomic mass is 16.5. The first kappa shape index (κ1) is 13.8. The lowest BCUT2D eigenvalue weighted by Gasteiger charge is -2.05. The maximum absolute atomic E-state index is 12.4. The minimum atomic E-state index is -0.282. The predicted octanol–water partition coefficient (Wildman–Crippen LogP) is 3.05. The molecule has 0 atom stereocenters. The highest BCUT2D eigenvalue weighted by Crippen LogP contribution is 2.29. The van der Waals surface area contributed by atoms with Crippen molar-refractivity contribution in [2.45, 2.75) is 0 Å². The summed E-state index contributed by atoms with van der Waals surface area (Å²) in [5.74, 6) is -0.0977. The Labute approximate surface area is 127 Å². The van der Waals surface area contributed by atoms with E-state index in [4.69, 9.17) is 10.00 Å². The van der Waals surface area contributed by atoms with Crippen molar-refractivity contribution in [3.63, 3.8) is 0 Å². The highest BCUT2D eigenvalue weighted by molar-refractivity contribution is 6.41. The van der Waals surface area contributed by atoms with Crippen molar-refractivity contribution < 1.29 is 14.3 Å². The van der Waals surface area contributed by atoms with Crippen molar-refractivity contribution in [1.82, 2.24) is 0 Å². The number of Topliss-reactive ketones (excluding diaryl/α,β-unsaturated/α-hetero) is 2. The van der Waals surface area contributed by atoms with E-state index in [0.29, 0.717) is 22.4 Å². The van der Waals surface area contributed by atoms with E-state index in [9.17, 15) is 9.59 Å². The SMILES string of the molecule is N#CCOc1ccccc1C=C1C(=O)c2ccccc2C1=O. The Bertz CT molecular complexity index is 806. The van der Waals surface area contributed by atoms with Gasteiger partial charge in [0.15, 0.2) is 18.2 Å². The summed E-state index contributed by atoms with van der Waals surface area (Å²) < 4.78 is 5.32. The van der Waals surface area contributed by atoms with E-state index in [0.717, 1.165) is 0 Å². The van der Waals surface area contributed by atoms with Gasteiger partial charge in [0, 0.05) is 16.7 Å². The average Bonchev–Trinajstić information content (AvgIpc) is 2.79. The van der Waals surface area contributed by atoms with Gasteiger partial charge in [-0.05, 0) is 12.1 Å². The standard InChI is InChI=1S/C18H11NO3/c19-9-10-22-16-8-4-1-5-12(16)11-15-17(20)13-6-2-3-7-14(13)18(15)21/h1-8,11H,10H2. The van der Waals surface area contributed by atoms with Gasteiger partial charge in [0.1, 0.15) is 11.8 Å². The minimum Gasteiger partial charge on any atom is -0.478 e. The number of ketones is 2. The van der Waals surface area contributed by atoms with E-state index in [-0.39, 0.29) is 23.7 Å². The summed E-state index contributed by atoms with van der Waals surface area (Å²) >= 11 is 0. The second kappa shape index (κ2) is 5.66. The van der Waals surface area contributed by atoms with E-state index < -0.39 is 0 Å². The number of fused-ring (bicyclic) bond motifs is 1. The Morgan fingerprint density at radius 2 is 1.55 bits per heavy atom. The number of rotatable bonds is 3. The summed E-state index contributed by atoms with van der Waals surface area (Å²) in [6.45, 7) is -0.0949. The van der Waals surface area contributed by atoms with Gasteiger partial charge in [-0.25, -0.2) is 0 Å². The van der Waals surface area contributed by atoms with Crippen LogP contribution < -0.4 is 4.74 Å². The smallest absolute Gasteiger partial charge is 0.197 e. The molecule has 4 heteroatoms. The van der Waals surface area contributed by atoms with Crippen molar-refractivity contribution >= 4 is 17.6 Å². The topological polar surface area (TPSA) is 67.2 Å². The molecule has 0 saturated carbocycles. The summed E-state index contributed by atoms with van der Waals surface area (Å²) in [5.41, 5.74) is 1.57. The molecule has 1 aliphatic carbocycles. The van der Waals surface area contributed by atoms with E-state index in [1.54, 1.807) is 48.5 Å². The molecule has 0 bridgehead atoms. The first-order chi connectivity index (χ1) is 10.7. The van der Waals surface area contributed by atoms with Crippen LogP contribution in [0.1, 0.15) is 26.3 Å². The fourth-order valence-electron chi connectivity index (χ4n) is 2.40. The molecule has 0 spiro atoms. The molecule has 0 aromatic heterocycles. The number of para-hydroxylation sites is 1. The van der Waals surface area contributed by atoms with Crippen molar-refractivity contribution in [2.24, 2.45) is 0 Å². The Balaban J connectivity index is 2.03. The van der Waals surface area contributed by atoms with Gasteiger partial charge in [0.25, 0.3) is 0 Å². The average molecular weight is 289 g/mol. The quantitative estimate of drug-likeness (QED) is 0.643. The molecular weight excluding hydrogens is 278 g/mol. The van der Waals surface area contributed by atoms with Crippen molar-refractivity contribution in [2.75, 3.05) is 6.61 Å². The van der Waals surface area contributed by atoms with E-state index >= 15 is 0 Å². The van der Waals surface area contributed by atoms with Crippen molar-refractivity contribution in [1.29, 1.82) is 5.26 Å². The van der Waals surface area contributed by atoms with Gasteiger partial charge < -0.3 is 4.74 Å². The largest absolute Gasteiger partial charge is 0.478 e. The third-order valence-electron chi connectivity index (χ3n) is 3.42. The number of hydrogen-bond donors (Lipinski definition) is 0. The molecule has 0 N–H and O–H groups in total. The van der Waals surface area contributed by atoms with E-state index in [2.05, 4.69) is 0 Å². The molecule has 3 rings (SSSR count). The maximum atomic E-state index is 12.4. The van der Waals surface area contributed by atoms with Crippen LogP contribution in [-0.4, -0.2) is 18.2 Å². The Morgan fingerprint density at radius 1 is 0.955 bits per heavy atom. The van der Waals surface area contributed by atoms with Crippen LogP contribution in [0.5, 0.6) is 5.75 Å². The molecule has 106 valence electrons. The normalized spacial score (nSPS) is 12.8. The number of nitriles is 1. The Morgan fingerprint density at radius 3 is 2.18 bits per heavy atom. The maximum Gasteiger partial charge on any atom is 0.197 e. The van der Waals surface area contributed by atoms with Gasteiger partial charge in [0.2, 0.25) is 0 Å². The van der Waals surface area contributed by atoms with Crippen LogP contribution >= 0.6 is 0 Å². The zero-order valence-corrected chi connectivity index (χ0v) is 11.6. The highest BCUT2D eigenvalue weighted by Gasteiger charge is 2.32. The van der Waals surface area contributed by atoms with E-state index in [1.165, 1.54) is 6.08 Å².